The summed E-state index contributed by atoms with van der Waals surface area (Å²) in [7, 11) is 0. The smallest absolute Gasteiger partial charge is 0.306 e. The Morgan fingerprint density at radius 3 is 1.29 bits per heavy atom. The Kier molecular flexibility index (Phi) is 30.0. The van der Waals surface area contributed by atoms with E-state index in [9.17, 15) is 4.79 Å². The standard InChI is InChI=1S/C31H60N2O2.2ClH.H2O/c1-2-3-4-5-6-7-8-9-10-11-12-13-18-23-31(34)35-30(28-32-24-19-14-15-20-25-32)29-33-26-21-16-17-22-27-33;;;/h30H,2-29H2,1H3;2*1H;1H2. The van der Waals surface area contributed by atoms with E-state index in [1.54, 1.807) is 0 Å². The maximum atomic E-state index is 12.7. The molecule has 0 spiro atoms. The molecule has 0 bridgehead atoms. The van der Waals surface area contributed by atoms with E-state index in [0.29, 0.717) is 6.42 Å². The highest BCUT2D eigenvalue weighted by atomic mass is 35.5. The van der Waals surface area contributed by atoms with Crippen LogP contribution in [-0.4, -0.2) is 66.6 Å². The third kappa shape index (κ3) is 21.7. The molecule has 0 saturated carbocycles. The van der Waals surface area contributed by atoms with Crippen LogP contribution in [0.2, 0.25) is 0 Å². The molecular formula is C31H64Cl2N2O3. The molecular weight excluding hydrogens is 519 g/mol. The number of carbonyl (C=O) groups excluding carboxylic acids is 1. The van der Waals surface area contributed by atoms with Crippen molar-refractivity contribution in [3.63, 3.8) is 0 Å². The van der Waals surface area contributed by atoms with Gasteiger partial charge in [-0.05, 0) is 58.3 Å². The molecule has 7 heteroatoms. The van der Waals surface area contributed by atoms with Crippen LogP contribution in [0.4, 0.5) is 0 Å². The summed E-state index contributed by atoms with van der Waals surface area (Å²) < 4.78 is 6.12. The second-order valence-corrected chi connectivity index (χ2v) is 11.5. The van der Waals surface area contributed by atoms with Crippen LogP contribution in [0.25, 0.3) is 0 Å². The first-order valence-electron chi connectivity index (χ1n) is 15.9. The molecule has 0 aromatic heterocycles. The molecule has 5 nitrogen and oxygen atoms in total. The number of hydrogen-bond donors (Lipinski definition) is 0. The van der Waals surface area contributed by atoms with Gasteiger partial charge in [0.15, 0.2) is 0 Å². The van der Waals surface area contributed by atoms with E-state index in [4.69, 9.17) is 4.74 Å². The fourth-order valence-corrected chi connectivity index (χ4v) is 5.88. The number of likely N-dealkylation sites (tertiary alicyclic amines) is 2. The molecule has 0 aliphatic carbocycles. The van der Waals surface area contributed by atoms with Crippen molar-refractivity contribution in [3.8, 4) is 0 Å². The molecule has 0 aromatic carbocycles. The fraction of sp³-hybridized carbons (Fsp3) is 0.968. The zero-order chi connectivity index (χ0) is 24.8. The summed E-state index contributed by atoms with van der Waals surface area (Å²) in [5.74, 6) is 0.0442. The van der Waals surface area contributed by atoms with Crippen LogP contribution in [0, 0.1) is 0 Å². The number of esters is 1. The number of rotatable bonds is 19. The summed E-state index contributed by atoms with van der Waals surface area (Å²) in [6, 6.07) is 0. The summed E-state index contributed by atoms with van der Waals surface area (Å²) in [5, 5.41) is 0. The Balaban J connectivity index is 0. The molecule has 2 saturated heterocycles. The lowest BCUT2D eigenvalue weighted by Gasteiger charge is -2.30. The Hall–Kier alpha value is -0.0700. The molecule has 38 heavy (non-hydrogen) atoms. The quantitative estimate of drug-likeness (QED) is 0.114. The lowest BCUT2D eigenvalue weighted by Crippen LogP contribution is -2.43. The van der Waals surface area contributed by atoms with E-state index < -0.39 is 0 Å². The van der Waals surface area contributed by atoms with Gasteiger partial charge < -0.3 is 10.2 Å². The maximum Gasteiger partial charge on any atom is 0.306 e. The number of ether oxygens (including phenoxy) is 1. The van der Waals surface area contributed by atoms with Crippen molar-refractivity contribution in [2.75, 3.05) is 39.3 Å². The molecule has 2 rings (SSSR count). The zero-order valence-corrected chi connectivity index (χ0v) is 26.5. The van der Waals surface area contributed by atoms with Crippen LogP contribution < -0.4 is 0 Å². The van der Waals surface area contributed by atoms with Gasteiger partial charge in [-0.25, -0.2) is 0 Å². The molecule has 2 fully saturated rings. The summed E-state index contributed by atoms with van der Waals surface area (Å²) in [4.78, 5) is 17.8. The van der Waals surface area contributed by atoms with Gasteiger partial charge in [-0.15, -0.1) is 24.8 Å². The minimum absolute atomic E-state index is 0. The summed E-state index contributed by atoms with van der Waals surface area (Å²) in [5.41, 5.74) is 0. The monoisotopic (exact) mass is 582 g/mol. The second-order valence-electron chi connectivity index (χ2n) is 11.5. The van der Waals surface area contributed by atoms with Gasteiger partial charge in [0.1, 0.15) is 6.10 Å². The van der Waals surface area contributed by atoms with Crippen LogP contribution in [0.3, 0.4) is 0 Å². The zero-order valence-electron chi connectivity index (χ0n) is 24.9. The summed E-state index contributed by atoms with van der Waals surface area (Å²) >= 11 is 0. The van der Waals surface area contributed by atoms with Gasteiger partial charge >= 0.3 is 5.97 Å². The van der Waals surface area contributed by atoms with Crippen molar-refractivity contribution < 1.29 is 15.0 Å². The van der Waals surface area contributed by atoms with Gasteiger partial charge in [0.2, 0.25) is 0 Å². The van der Waals surface area contributed by atoms with Crippen molar-refractivity contribution in [2.24, 2.45) is 0 Å². The highest BCUT2D eigenvalue weighted by Gasteiger charge is 2.22. The second kappa shape index (κ2) is 28.5. The maximum absolute atomic E-state index is 12.7. The Morgan fingerprint density at radius 1 is 0.579 bits per heavy atom. The Morgan fingerprint density at radius 2 is 0.921 bits per heavy atom. The summed E-state index contributed by atoms with van der Waals surface area (Å²) in [6.07, 6.45) is 28.6. The number of unbranched alkanes of at least 4 members (excludes halogenated alkanes) is 12. The first kappa shape index (κ1) is 40.1. The molecule has 0 unspecified atom stereocenters. The van der Waals surface area contributed by atoms with Crippen molar-refractivity contribution in [2.45, 2.75) is 154 Å². The van der Waals surface area contributed by atoms with Crippen molar-refractivity contribution in [1.82, 2.24) is 9.80 Å². The third-order valence-corrected chi connectivity index (χ3v) is 8.10. The van der Waals surface area contributed by atoms with Crippen LogP contribution in [0.5, 0.6) is 0 Å². The summed E-state index contributed by atoms with van der Waals surface area (Å²) in [6.45, 7) is 8.84. The number of hydrogen-bond acceptors (Lipinski definition) is 4. The van der Waals surface area contributed by atoms with Crippen molar-refractivity contribution >= 4 is 30.8 Å². The molecule has 2 aliphatic heterocycles. The van der Waals surface area contributed by atoms with E-state index in [1.807, 2.05) is 0 Å². The third-order valence-electron chi connectivity index (χ3n) is 8.10. The van der Waals surface area contributed by atoms with Crippen molar-refractivity contribution in [1.29, 1.82) is 0 Å². The number of halogens is 2. The first-order valence-corrected chi connectivity index (χ1v) is 15.9. The highest BCUT2D eigenvalue weighted by molar-refractivity contribution is 5.85. The minimum Gasteiger partial charge on any atom is -0.460 e. The van der Waals surface area contributed by atoms with Gasteiger partial charge in [0.05, 0.1) is 0 Å². The van der Waals surface area contributed by atoms with Gasteiger partial charge in [-0.3, -0.25) is 14.6 Å². The van der Waals surface area contributed by atoms with Crippen molar-refractivity contribution in [3.05, 3.63) is 0 Å². The molecule has 2 aliphatic rings. The lowest BCUT2D eigenvalue weighted by atomic mass is 10.0. The predicted octanol–water partition coefficient (Wildman–Crippen LogP) is 8.15. The average molecular weight is 584 g/mol. The minimum atomic E-state index is 0. The van der Waals surface area contributed by atoms with E-state index in [1.165, 1.54) is 155 Å². The largest absolute Gasteiger partial charge is 0.460 e. The molecule has 2 heterocycles. The van der Waals surface area contributed by atoms with Crippen LogP contribution in [-0.2, 0) is 9.53 Å². The lowest BCUT2D eigenvalue weighted by molar-refractivity contribution is -0.151. The molecule has 2 N–H and O–H groups in total. The van der Waals surface area contributed by atoms with E-state index >= 15 is 0 Å². The van der Waals surface area contributed by atoms with Gasteiger partial charge in [0, 0.05) is 19.5 Å². The predicted molar refractivity (Wildman–Crippen MR) is 168 cm³/mol. The first-order chi connectivity index (χ1) is 17.3. The van der Waals surface area contributed by atoms with Crippen LogP contribution >= 0.6 is 24.8 Å². The van der Waals surface area contributed by atoms with Gasteiger partial charge in [-0.2, -0.15) is 0 Å². The van der Waals surface area contributed by atoms with Gasteiger partial charge in [0.25, 0.3) is 0 Å². The number of carbonyl (C=O) groups is 1. The molecule has 230 valence electrons. The highest BCUT2D eigenvalue weighted by Crippen LogP contribution is 2.16. The van der Waals surface area contributed by atoms with Crippen LogP contribution in [0.1, 0.15) is 148 Å². The van der Waals surface area contributed by atoms with E-state index in [2.05, 4.69) is 16.7 Å². The SMILES string of the molecule is CCCCCCCCCCCCCCCC(=O)OC(CN1CCCCCC1)CN1CCCCCC1.Cl.Cl.O. The molecule has 0 radical (unpaired) electrons. The Bertz CT molecular complexity index is 476. The Labute approximate surface area is 248 Å². The molecule has 0 atom stereocenters. The average Bonchev–Trinajstić information content (AvgIpc) is 3.27. The fourth-order valence-electron chi connectivity index (χ4n) is 5.88. The van der Waals surface area contributed by atoms with E-state index in [0.717, 1.165) is 19.5 Å². The molecule has 0 aromatic rings. The van der Waals surface area contributed by atoms with E-state index in [-0.39, 0.29) is 42.4 Å². The van der Waals surface area contributed by atoms with Gasteiger partial charge in [-0.1, -0.05) is 110 Å². The topological polar surface area (TPSA) is 64.3 Å². The number of nitrogens with zero attached hydrogens (tertiary/aromatic N) is 2. The molecule has 0 amide bonds. The van der Waals surface area contributed by atoms with Crippen LogP contribution in [0.15, 0.2) is 0 Å². The normalized spacial score (nSPS) is 17.0.